The van der Waals surface area contributed by atoms with Crippen LogP contribution in [0.5, 0.6) is 0 Å². The van der Waals surface area contributed by atoms with Gasteiger partial charge < -0.3 is 14.8 Å². The SMILES string of the molecule is C=Cc1c(/C=C\I)ccn1CC(O)CC(=O)O. The van der Waals surface area contributed by atoms with E-state index in [2.05, 4.69) is 29.2 Å². The summed E-state index contributed by atoms with van der Waals surface area (Å²) in [5.74, 6) is -1.00. The van der Waals surface area contributed by atoms with E-state index in [1.807, 2.05) is 22.4 Å². The quantitative estimate of drug-likeness (QED) is 0.777. The van der Waals surface area contributed by atoms with Gasteiger partial charge in [0.25, 0.3) is 0 Å². The zero-order valence-corrected chi connectivity index (χ0v) is 11.4. The molecule has 0 spiro atoms. The number of carboxylic acids is 1. The molecule has 2 N–H and O–H groups in total. The molecule has 0 amide bonds. The van der Waals surface area contributed by atoms with Crippen LogP contribution in [0.2, 0.25) is 0 Å². The van der Waals surface area contributed by atoms with E-state index in [1.165, 1.54) is 0 Å². The Morgan fingerprint density at radius 2 is 2.35 bits per heavy atom. The molecule has 1 heterocycles. The molecule has 0 aliphatic carbocycles. The monoisotopic (exact) mass is 347 g/mol. The van der Waals surface area contributed by atoms with Crippen LogP contribution >= 0.6 is 22.6 Å². The molecule has 1 rings (SSSR count). The van der Waals surface area contributed by atoms with Gasteiger partial charge in [-0.05, 0) is 27.9 Å². The number of aromatic nitrogens is 1. The highest BCUT2D eigenvalue weighted by molar-refractivity contribution is 14.1. The van der Waals surface area contributed by atoms with Gasteiger partial charge in [-0.3, -0.25) is 4.79 Å². The first kappa shape index (κ1) is 14.0. The van der Waals surface area contributed by atoms with Crippen LogP contribution in [-0.2, 0) is 11.3 Å². The van der Waals surface area contributed by atoms with Crippen molar-refractivity contribution in [2.75, 3.05) is 0 Å². The molecule has 0 aromatic carbocycles. The van der Waals surface area contributed by atoms with E-state index in [4.69, 9.17) is 5.11 Å². The van der Waals surface area contributed by atoms with Crippen molar-refractivity contribution < 1.29 is 15.0 Å². The van der Waals surface area contributed by atoms with E-state index in [9.17, 15) is 9.90 Å². The van der Waals surface area contributed by atoms with Gasteiger partial charge in [0, 0.05) is 18.4 Å². The standard InChI is InChI=1S/C12H14INO3/c1-2-11-9(3-5-13)4-6-14(11)8-10(15)7-12(16)17/h2-6,10,15H,1,7-8H2,(H,16,17)/b5-3-. The summed E-state index contributed by atoms with van der Waals surface area (Å²) in [5, 5.41) is 18.2. The van der Waals surface area contributed by atoms with E-state index in [0.29, 0.717) is 0 Å². The summed E-state index contributed by atoms with van der Waals surface area (Å²) in [5.41, 5.74) is 1.87. The second-order valence-corrected chi connectivity index (χ2v) is 4.28. The highest BCUT2D eigenvalue weighted by Crippen LogP contribution is 2.16. The zero-order valence-electron chi connectivity index (χ0n) is 9.21. The lowest BCUT2D eigenvalue weighted by molar-refractivity contribution is -0.139. The van der Waals surface area contributed by atoms with Crippen LogP contribution in [0.15, 0.2) is 22.9 Å². The number of rotatable bonds is 6. The van der Waals surface area contributed by atoms with Crippen molar-refractivity contribution in [1.82, 2.24) is 4.57 Å². The lowest BCUT2D eigenvalue weighted by atomic mass is 10.2. The molecule has 0 fully saturated rings. The molecule has 92 valence electrons. The molecule has 4 nitrogen and oxygen atoms in total. The topological polar surface area (TPSA) is 62.5 Å². The van der Waals surface area contributed by atoms with Gasteiger partial charge in [0.1, 0.15) is 0 Å². The highest BCUT2D eigenvalue weighted by atomic mass is 127. The van der Waals surface area contributed by atoms with Gasteiger partial charge in [0.05, 0.1) is 12.5 Å². The predicted molar refractivity (Wildman–Crippen MR) is 75.8 cm³/mol. The van der Waals surface area contributed by atoms with Crippen molar-refractivity contribution in [3.8, 4) is 0 Å². The molecule has 5 heteroatoms. The maximum atomic E-state index is 10.5. The van der Waals surface area contributed by atoms with E-state index in [-0.39, 0.29) is 13.0 Å². The van der Waals surface area contributed by atoms with Crippen LogP contribution in [0.25, 0.3) is 12.2 Å². The number of hydrogen-bond acceptors (Lipinski definition) is 2. The summed E-state index contributed by atoms with van der Waals surface area (Å²) in [7, 11) is 0. The van der Waals surface area contributed by atoms with Gasteiger partial charge in [0.15, 0.2) is 0 Å². The lowest BCUT2D eigenvalue weighted by Crippen LogP contribution is -2.19. The molecule has 1 unspecified atom stereocenters. The number of nitrogens with zero attached hydrogens (tertiary/aromatic N) is 1. The minimum atomic E-state index is -1.00. The molecule has 0 aliphatic heterocycles. The normalized spacial score (nSPS) is 12.8. The smallest absolute Gasteiger partial charge is 0.306 e. The van der Waals surface area contributed by atoms with Crippen molar-refractivity contribution in [2.24, 2.45) is 0 Å². The molecule has 0 bridgehead atoms. The van der Waals surface area contributed by atoms with Crippen LogP contribution in [0.4, 0.5) is 0 Å². The molecule has 0 radical (unpaired) electrons. The Morgan fingerprint density at radius 1 is 1.65 bits per heavy atom. The molecule has 0 aliphatic rings. The molecular formula is C12H14INO3. The van der Waals surface area contributed by atoms with Gasteiger partial charge in [0.2, 0.25) is 0 Å². The summed E-state index contributed by atoms with van der Waals surface area (Å²) < 4.78 is 3.69. The number of halogens is 1. The van der Waals surface area contributed by atoms with Crippen LogP contribution in [0.3, 0.4) is 0 Å². The summed E-state index contributed by atoms with van der Waals surface area (Å²) in [6, 6.07) is 1.90. The molecule has 1 aromatic rings. The number of aliphatic carboxylic acids is 1. The van der Waals surface area contributed by atoms with Gasteiger partial charge >= 0.3 is 5.97 Å². The third kappa shape index (κ3) is 4.01. The van der Waals surface area contributed by atoms with Gasteiger partial charge in [-0.1, -0.05) is 29.2 Å². The largest absolute Gasteiger partial charge is 0.481 e. The molecule has 0 saturated heterocycles. The van der Waals surface area contributed by atoms with Crippen molar-refractivity contribution >= 4 is 40.7 Å². The first-order valence-electron chi connectivity index (χ1n) is 5.06. The van der Waals surface area contributed by atoms with Crippen molar-refractivity contribution in [3.05, 3.63) is 34.2 Å². The van der Waals surface area contributed by atoms with Gasteiger partial charge in [-0.15, -0.1) is 0 Å². The van der Waals surface area contributed by atoms with Gasteiger partial charge in [-0.25, -0.2) is 0 Å². The predicted octanol–water partition coefficient (Wildman–Crippen LogP) is 2.37. The minimum absolute atomic E-state index is 0.253. The third-order valence-electron chi connectivity index (χ3n) is 2.29. The Bertz CT molecular complexity index is 437. The fourth-order valence-electron chi connectivity index (χ4n) is 1.60. The fraction of sp³-hybridized carbons (Fsp3) is 0.250. The Balaban J connectivity index is 2.84. The van der Waals surface area contributed by atoms with E-state index < -0.39 is 12.1 Å². The first-order valence-corrected chi connectivity index (χ1v) is 6.31. The number of aliphatic hydroxyl groups excluding tert-OH is 1. The summed E-state index contributed by atoms with van der Waals surface area (Å²) >= 11 is 2.12. The molecular weight excluding hydrogens is 333 g/mol. The highest BCUT2D eigenvalue weighted by Gasteiger charge is 2.12. The molecule has 0 saturated carbocycles. The van der Waals surface area contributed by atoms with Crippen LogP contribution in [0, 0.1) is 0 Å². The summed E-state index contributed by atoms with van der Waals surface area (Å²) in [6.07, 6.45) is 4.28. The Morgan fingerprint density at radius 3 is 2.88 bits per heavy atom. The van der Waals surface area contributed by atoms with E-state index in [1.54, 1.807) is 10.6 Å². The molecule has 1 atom stereocenters. The molecule has 17 heavy (non-hydrogen) atoms. The lowest BCUT2D eigenvalue weighted by Gasteiger charge is -2.11. The van der Waals surface area contributed by atoms with Crippen LogP contribution in [0.1, 0.15) is 17.7 Å². The average Bonchev–Trinajstić information content (AvgIpc) is 2.59. The minimum Gasteiger partial charge on any atom is -0.481 e. The van der Waals surface area contributed by atoms with Gasteiger partial charge in [-0.2, -0.15) is 0 Å². The number of carboxylic acid groups (broad SMARTS) is 1. The van der Waals surface area contributed by atoms with Crippen molar-refractivity contribution in [1.29, 1.82) is 0 Å². The fourth-order valence-corrected chi connectivity index (χ4v) is 1.99. The van der Waals surface area contributed by atoms with E-state index >= 15 is 0 Å². The van der Waals surface area contributed by atoms with Crippen LogP contribution < -0.4 is 0 Å². The van der Waals surface area contributed by atoms with Crippen molar-refractivity contribution in [3.63, 3.8) is 0 Å². The second kappa shape index (κ2) is 6.61. The number of hydrogen-bond donors (Lipinski definition) is 2. The maximum Gasteiger partial charge on any atom is 0.306 e. The summed E-state index contributed by atoms with van der Waals surface area (Å²) in [4.78, 5) is 10.5. The third-order valence-corrected chi connectivity index (χ3v) is 2.65. The maximum absolute atomic E-state index is 10.5. The summed E-state index contributed by atoms with van der Waals surface area (Å²) in [6.45, 7) is 3.97. The Hall–Kier alpha value is -1.08. The zero-order chi connectivity index (χ0) is 12.8. The average molecular weight is 347 g/mol. The second-order valence-electron chi connectivity index (χ2n) is 3.56. The number of carbonyl (C=O) groups is 1. The molecule has 1 aromatic heterocycles. The first-order chi connectivity index (χ1) is 8.08. The van der Waals surface area contributed by atoms with Crippen molar-refractivity contribution in [2.45, 2.75) is 19.1 Å². The Labute approximate surface area is 113 Å². The van der Waals surface area contributed by atoms with E-state index in [0.717, 1.165) is 11.3 Å². The number of aliphatic hydroxyl groups is 1. The van der Waals surface area contributed by atoms with Crippen LogP contribution in [-0.4, -0.2) is 26.9 Å². The Kier molecular flexibility index (Phi) is 5.43.